The highest BCUT2D eigenvalue weighted by atomic mass is 32.2. The van der Waals surface area contributed by atoms with Crippen LogP contribution in [0.3, 0.4) is 0 Å². The summed E-state index contributed by atoms with van der Waals surface area (Å²) in [7, 11) is -1.91. The number of carboxylic acids is 1. The fraction of sp³-hybridized carbons (Fsp3) is 0.222. The molecule has 14 heteroatoms. The SMILES string of the molecule is Cc1c(C(=O)NCC(=O)Nc2nc(-c3cccc(-c4ccnc(N(C)CC(=O)O)c4)c3)cs2)cn(S(C)(=O)=O)c1C. The van der Waals surface area contributed by atoms with Gasteiger partial charge in [0.05, 0.1) is 24.1 Å². The van der Waals surface area contributed by atoms with Crippen molar-refractivity contribution in [2.24, 2.45) is 0 Å². The van der Waals surface area contributed by atoms with Crippen molar-refractivity contribution in [1.29, 1.82) is 0 Å². The number of nitrogens with one attached hydrogen (secondary N) is 2. The summed E-state index contributed by atoms with van der Waals surface area (Å²) in [4.78, 5) is 46.4. The van der Waals surface area contributed by atoms with E-state index in [1.165, 1.54) is 17.5 Å². The number of rotatable bonds is 10. The molecule has 0 spiro atoms. The minimum absolute atomic E-state index is 0.173. The van der Waals surface area contributed by atoms with Crippen LogP contribution in [-0.4, -0.2) is 71.6 Å². The standard InChI is InChI=1S/C27H28N6O6S2/c1-16-17(2)33(41(4,38)39)13-21(16)26(37)29-12-24(34)31-27-30-22(15-40-27)20-7-5-6-18(10-20)19-8-9-28-23(11-19)32(3)14-25(35)36/h5-11,13,15H,12,14H2,1-4H3,(H,29,37)(H,35,36)(H,30,31,34). The molecule has 4 aromatic rings. The van der Waals surface area contributed by atoms with E-state index >= 15 is 0 Å². The molecule has 0 bridgehead atoms. The average Bonchev–Trinajstić information content (AvgIpc) is 3.51. The predicted octanol–water partition coefficient (Wildman–Crippen LogP) is 2.99. The van der Waals surface area contributed by atoms with Crippen molar-refractivity contribution in [1.82, 2.24) is 19.3 Å². The number of likely N-dealkylation sites (N-methyl/N-ethyl adjacent to an activating group) is 1. The van der Waals surface area contributed by atoms with Crippen molar-refractivity contribution in [3.05, 3.63) is 71.0 Å². The number of aliphatic carboxylic acids is 1. The van der Waals surface area contributed by atoms with E-state index in [0.717, 1.165) is 26.9 Å². The molecule has 0 aliphatic heterocycles. The van der Waals surface area contributed by atoms with Crippen LogP contribution in [0.4, 0.5) is 10.9 Å². The molecule has 2 amide bonds. The predicted molar refractivity (Wildman–Crippen MR) is 157 cm³/mol. The van der Waals surface area contributed by atoms with E-state index in [1.807, 2.05) is 36.4 Å². The van der Waals surface area contributed by atoms with Crippen LogP contribution < -0.4 is 15.5 Å². The Bertz CT molecular complexity index is 1740. The molecule has 0 saturated heterocycles. The number of pyridine rings is 1. The van der Waals surface area contributed by atoms with Crippen molar-refractivity contribution >= 4 is 50.1 Å². The van der Waals surface area contributed by atoms with E-state index in [4.69, 9.17) is 5.11 Å². The quantitative estimate of drug-likeness (QED) is 0.250. The van der Waals surface area contributed by atoms with Crippen molar-refractivity contribution in [2.75, 3.05) is 36.6 Å². The number of thiazole rings is 1. The maximum atomic E-state index is 12.6. The molecule has 0 unspecified atom stereocenters. The zero-order chi connectivity index (χ0) is 29.9. The Morgan fingerprint density at radius 3 is 2.49 bits per heavy atom. The second-order valence-electron chi connectivity index (χ2n) is 9.31. The van der Waals surface area contributed by atoms with Gasteiger partial charge in [0.1, 0.15) is 12.4 Å². The number of amides is 2. The molecule has 0 radical (unpaired) electrons. The van der Waals surface area contributed by atoms with Crippen LogP contribution in [0.2, 0.25) is 0 Å². The zero-order valence-electron chi connectivity index (χ0n) is 22.7. The van der Waals surface area contributed by atoms with Gasteiger partial charge in [0.25, 0.3) is 5.91 Å². The van der Waals surface area contributed by atoms with Crippen LogP contribution in [0.1, 0.15) is 21.6 Å². The third-order valence-corrected chi connectivity index (χ3v) is 8.14. The van der Waals surface area contributed by atoms with Crippen LogP contribution in [0.15, 0.2) is 54.2 Å². The van der Waals surface area contributed by atoms with Crippen molar-refractivity contribution in [3.8, 4) is 22.4 Å². The van der Waals surface area contributed by atoms with Crippen LogP contribution in [0.5, 0.6) is 0 Å². The maximum absolute atomic E-state index is 12.6. The molecule has 0 fully saturated rings. The van der Waals surface area contributed by atoms with E-state index in [-0.39, 0.29) is 18.7 Å². The second kappa shape index (κ2) is 11.9. The summed E-state index contributed by atoms with van der Waals surface area (Å²) in [5.74, 6) is -1.47. The van der Waals surface area contributed by atoms with E-state index < -0.39 is 27.8 Å². The molecule has 41 heavy (non-hydrogen) atoms. The highest BCUT2D eigenvalue weighted by Gasteiger charge is 2.20. The first kappa shape index (κ1) is 29.4. The van der Waals surface area contributed by atoms with Gasteiger partial charge in [0, 0.05) is 36.1 Å². The maximum Gasteiger partial charge on any atom is 0.323 e. The largest absolute Gasteiger partial charge is 0.480 e. The fourth-order valence-corrected chi connectivity index (χ4v) is 5.74. The van der Waals surface area contributed by atoms with E-state index in [1.54, 1.807) is 37.4 Å². The molecule has 0 aliphatic carbocycles. The van der Waals surface area contributed by atoms with Gasteiger partial charge in [0.15, 0.2) is 5.13 Å². The van der Waals surface area contributed by atoms with Crippen LogP contribution in [-0.2, 0) is 19.6 Å². The highest BCUT2D eigenvalue weighted by Crippen LogP contribution is 2.30. The summed E-state index contributed by atoms with van der Waals surface area (Å²) in [6.07, 6.45) is 3.91. The van der Waals surface area contributed by atoms with Gasteiger partial charge in [-0.15, -0.1) is 11.3 Å². The first-order valence-corrected chi connectivity index (χ1v) is 15.0. The highest BCUT2D eigenvalue weighted by molar-refractivity contribution is 7.89. The van der Waals surface area contributed by atoms with Gasteiger partial charge in [-0.05, 0) is 48.7 Å². The third kappa shape index (κ3) is 6.96. The van der Waals surface area contributed by atoms with Crippen molar-refractivity contribution in [2.45, 2.75) is 13.8 Å². The lowest BCUT2D eigenvalue weighted by atomic mass is 10.0. The molecule has 214 valence electrons. The number of benzene rings is 1. The van der Waals surface area contributed by atoms with Gasteiger partial charge in [-0.25, -0.2) is 22.4 Å². The number of carbonyl (C=O) groups is 3. The Morgan fingerprint density at radius 2 is 1.80 bits per heavy atom. The van der Waals surface area contributed by atoms with E-state index in [2.05, 4.69) is 20.6 Å². The van der Waals surface area contributed by atoms with Crippen molar-refractivity contribution < 1.29 is 27.9 Å². The van der Waals surface area contributed by atoms with Gasteiger partial charge >= 0.3 is 5.97 Å². The zero-order valence-corrected chi connectivity index (χ0v) is 24.3. The summed E-state index contributed by atoms with van der Waals surface area (Å²) in [6, 6.07) is 11.3. The van der Waals surface area contributed by atoms with E-state index in [9.17, 15) is 22.8 Å². The van der Waals surface area contributed by atoms with Crippen LogP contribution in [0.25, 0.3) is 22.4 Å². The summed E-state index contributed by atoms with van der Waals surface area (Å²) < 4.78 is 24.9. The molecule has 1 aromatic carbocycles. The molecule has 12 nitrogen and oxygen atoms in total. The summed E-state index contributed by atoms with van der Waals surface area (Å²) in [6.45, 7) is 2.74. The smallest absolute Gasteiger partial charge is 0.323 e. The number of anilines is 2. The molecule has 0 saturated carbocycles. The molecule has 3 aromatic heterocycles. The Labute approximate surface area is 240 Å². The van der Waals surface area contributed by atoms with Gasteiger partial charge < -0.3 is 20.6 Å². The van der Waals surface area contributed by atoms with Crippen LogP contribution >= 0.6 is 11.3 Å². The van der Waals surface area contributed by atoms with Gasteiger partial charge in [-0.1, -0.05) is 18.2 Å². The normalized spacial score (nSPS) is 11.2. The lowest BCUT2D eigenvalue weighted by Gasteiger charge is -2.16. The second-order valence-corrected chi connectivity index (χ2v) is 12.0. The minimum atomic E-state index is -3.56. The number of hydrogen-bond acceptors (Lipinski definition) is 9. The summed E-state index contributed by atoms with van der Waals surface area (Å²) in [5, 5.41) is 16.4. The number of hydrogen-bond donors (Lipinski definition) is 3. The molecule has 0 aliphatic rings. The minimum Gasteiger partial charge on any atom is -0.480 e. The first-order valence-electron chi connectivity index (χ1n) is 12.3. The Balaban J connectivity index is 1.41. The van der Waals surface area contributed by atoms with E-state index in [0.29, 0.717) is 27.9 Å². The first-order chi connectivity index (χ1) is 19.3. The number of aromatic nitrogens is 3. The molecular weight excluding hydrogens is 568 g/mol. The van der Waals surface area contributed by atoms with Gasteiger partial charge in [-0.2, -0.15) is 0 Å². The topological polar surface area (TPSA) is 164 Å². The van der Waals surface area contributed by atoms with Gasteiger partial charge in [-0.3, -0.25) is 14.4 Å². The summed E-state index contributed by atoms with van der Waals surface area (Å²) >= 11 is 1.23. The monoisotopic (exact) mass is 596 g/mol. The van der Waals surface area contributed by atoms with Crippen molar-refractivity contribution in [3.63, 3.8) is 0 Å². The Morgan fingerprint density at radius 1 is 1.10 bits per heavy atom. The fourth-order valence-electron chi connectivity index (χ4n) is 4.08. The number of carbonyl (C=O) groups excluding carboxylic acids is 2. The number of nitrogens with zero attached hydrogens (tertiary/aromatic N) is 4. The molecular formula is C27H28N6O6S2. The number of carboxylic acid groups (broad SMARTS) is 1. The van der Waals surface area contributed by atoms with Gasteiger partial charge in [0.2, 0.25) is 15.9 Å². The summed E-state index contributed by atoms with van der Waals surface area (Å²) in [5.41, 5.74) is 4.30. The lowest BCUT2D eigenvalue weighted by Crippen LogP contribution is -2.33. The molecule has 4 rings (SSSR count). The van der Waals surface area contributed by atoms with Crippen LogP contribution in [0, 0.1) is 13.8 Å². The molecule has 3 N–H and O–H groups in total. The Hall–Kier alpha value is -4.56. The average molecular weight is 597 g/mol. The third-order valence-electron chi connectivity index (χ3n) is 6.29. The molecule has 0 atom stereocenters. The molecule has 3 heterocycles. The Kier molecular flexibility index (Phi) is 8.54. The lowest BCUT2D eigenvalue weighted by molar-refractivity contribution is -0.135.